The fourth-order valence-corrected chi connectivity index (χ4v) is 4.11. The quantitative estimate of drug-likeness (QED) is 0.710. The highest BCUT2D eigenvalue weighted by Crippen LogP contribution is 2.57. The molecular formula is C21H22O3. The zero-order valence-electron chi connectivity index (χ0n) is 13.7. The van der Waals surface area contributed by atoms with Crippen LogP contribution in [0.5, 0.6) is 11.5 Å². The van der Waals surface area contributed by atoms with Crippen LogP contribution < -0.4 is 4.74 Å². The molecule has 0 atom stereocenters. The van der Waals surface area contributed by atoms with E-state index in [0.29, 0.717) is 6.61 Å². The molecule has 2 aromatic carbocycles. The number of rotatable bonds is 6. The van der Waals surface area contributed by atoms with Gasteiger partial charge in [-0.1, -0.05) is 30.3 Å². The second-order valence-electron chi connectivity index (χ2n) is 7.19. The van der Waals surface area contributed by atoms with Crippen molar-refractivity contribution in [1.29, 1.82) is 0 Å². The maximum atomic E-state index is 11.3. The normalized spacial score (nSPS) is 28.0. The van der Waals surface area contributed by atoms with Crippen molar-refractivity contribution in [3.05, 3.63) is 60.2 Å². The van der Waals surface area contributed by atoms with Gasteiger partial charge in [-0.05, 0) is 61.9 Å². The van der Waals surface area contributed by atoms with E-state index in [2.05, 4.69) is 6.07 Å². The van der Waals surface area contributed by atoms with Gasteiger partial charge in [0.05, 0.1) is 12.2 Å². The minimum atomic E-state index is -0.0989. The van der Waals surface area contributed by atoms with Crippen LogP contribution in [0.3, 0.4) is 0 Å². The van der Waals surface area contributed by atoms with Crippen LogP contribution in [0.15, 0.2) is 54.6 Å². The zero-order chi connectivity index (χ0) is 16.5. The molecule has 24 heavy (non-hydrogen) atoms. The summed E-state index contributed by atoms with van der Waals surface area (Å²) < 4.78 is 12.2. The summed E-state index contributed by atoms with van der Waals surface area (Å²) in [7, 11) is 0. The lowest BCUT2D eigenvalue weighted by atomic mass is 9.86. The highest BCUT2D eigenvalue weighted by atomic mass is 16.5. The minimum Gasteiger partial charge on any atom is -0.457 e. The molecule has 2 aromatic rings. The lowest BCUT2D eigenvalue weighted by molar-refractivity contribution is -0.115. The highest BCUT2D eigenvalue weighted by Gasteiger charge is 2.55. The van der Waals surface area contributed by atoms with Crippen LogP contribution in [0, 0.1) is 5.41 Å². The van der Waals surface area contributed by atoms with E-state index in [1.54, 1.807) is 0 Å². The number of carbonyl (C=O) groups is 1. The Morgan fingerprint density at radius 1 is 0.917 bits per heavy atom. The number of hydrogen-bond acceptors (Lipinski definition) is 3. The van der Waals surface area contributed by atoms with Gasteiger partial charge in [0.1, 0.15) is 17.8 Å². The number of carbonyl (C=O) groups excluding carboxylic acids is 1. The van der Waals surface area contributed by atoms with Gasteiger partial charge in [-0.2, -0.15) is 0 Å². The van der Waals surface area contributed by atoms with Crippen molar-refractivity contribution in [3.63, 3.8) is 0 Å². The Balaban J connectivity index is 1.41. The van der Waals surface area contributed by atoms with Crippen molar-refractivity contribution >= 4 is 6.29 Å². The SMILES string of the molecule is O=CC12CCC(OCc3cccc(Oc4ccccc4)c3)(CC1)C2. The van der Waals surface area contributed by atoms with E-state index >= 15 is 0 Å². The monoisotopic (exact) mass is 322 g/mol. The molecule has 0 N–H and O–H groups in total. The Bertz CT molecular complexity index is 715. The van der Waals surface area contributed by atoms with Gasteiger partial charge in [-0.25, -0.2) is 0 Å². The molecule has 0 heterocycles. The van der Waals surface area contributed by atoms with Gasteiger partial charge in [0.25, 0.3) is 0 Å². The zero-order valence-corrected chi connectivity index (χ0v) is 13.7. The molecule has 2 aliphatic rings. The number of benzene rings is 2. The maximum Gasteiger partial charge on any atom is 0.127 e. The van der Waals surface area contributed by atoms with E-state index in [0.717, 1.165) is 49.2 Å². The first-order chi connectivity index (χ1) is 11.7. The molecule has 0 aliphatic heterocycles. The summed E-state index contributed by atoms with van der Waals surface area (Å²) >= 11 is 0. The third-order valence-electron chi connectivity index (χ3n) is 5.50. The number of aldehydes is 1. The molecule has 0 aromatic heterocycles. The fourth-order valence-electron chi connectivity index (χ4n) is 4.11. The molecule has 124 valence electrons. The maximum absolute atomic E-state index is 11.3. The van der Waals surface area contributed by atoms with Crippen LogP contribution >= 0.6 is 0 Å². The van der Waals surface area contributed by atoms with Crippen LogP contribution in [0.25, 0.3) is 0 Å². The second kappa shape index (κ2) is 6.06. The first-order valence-electron chi connectivity index (χ1n) is 8.63. The molecular weight excluding hydrogens is 300 g/mol. The first-order valence-corrected chi connectivity index (χ1v) is 8.63. The molecule has 2 saturated carbocycles. The van der Waals surface area contributed by atoms with Crippen LogP contribution in [0.2, 0.25) is 0 Å². The molecule has 3 heteroatoms. The Kier molecular flexibility index (Phi) is 3.89. The summed E-state index contributed by atoms with van der Waals surface area (Å²) in [6.45, 7) is 0.570. The van der Waals surface area contributed by atoms with E-state index in [1.807, 2.05) is 48.5 Å². The summed E-state index contributed by atoms with van der Waals surface area (Å²) in [5.41, 5.74) is 0.920. The van der Waals surface area contributed by atoms with Gasteiger partial charge >= 0.3 is 0 Å². The number of para-hydroxylation sites is 1. The highest BCUT2D eigenvalue weighted by molar-refractivity contribution is 5.61. The fraction of sp³-hybridized carbons (Fsp3) is 0.381. The molecule has 2 aliphatic carbocycles. The Labute approximate surface area is 142 Å². The molecule has 2 bridgehead atoms. The average molecular weight is 322 g/mol. The van der Waals surface area contributed by atoms with Crippen molar-refractivity contribution < 1.29 is 14.3 Å². The molecule has 4 rings (SSSR count). The van der Waals surface area contributed by atoms with Crippen molar-refractivity contribution in [2.45, 2.75) is 44.3 Å². The van der Waals surface area contributed by atoms with E-state index < -0.39 is 0 Å². The van der Waals surface area contributed by atoms with Crippen LogP contribution in [0.1, 0.15) is 37.7 Å². The van der Waals surface area contributed by atoms with E-state index in [-0.39, 0.29) is 11.0 Å². The summed E-state index contributed by atoms with van der Waals surface area (Å²) in [4.78, 5) is 11.3. The lowest BCUT2D eigenvalue weighted by Gasteiger charge is -2.27. The molecule has 0 unspecified atom stereocenters. The van der Waals surface area contributed by atoms with Crippen molar-refractivity contribution in [3.8, 4) is 11.5 Å². The molecule has 0 amide bonds. The Hall–Kier alpha value is -2.13. The standard InChI is InChI=1S/C21H22O3/c22-16-20-9-11-21(15-20,12-10-20)23-14-17-5-4-8-19(13-17)24-18-6-2-1-3-7-18/h1-8,13,16H,9-12,14-15H2. The van der Waals surface area contributed by atoms with Crippen molar-refractivity contribution in [1.82, 2.24) is 0 Å². The van der Waals surface area contributed by atoms with Gasteiger partial charge < -0.3 is 14.3 Å². The Morgan fingerprint density at radius 2 is 1.67 bits per heavy atom. The summed E-state index contributed by atoms with van der Waals surface area (Å²) in [6, 6.07) is 17.8. The van der Waals surface area contributed by atoms with Crippen molar-refractivity contribution in [2.24, 2.45) is 5.41 Å². The van der Waals surface area contributed by atoms with E-state index in [9.17, 15) is 4.79 Å². The number of ether oxygens (including phenoxy) is 2. The van der Waals surface area contributed by atoms with Gasteiger partial charge in [0, 0.05) is 5.41 Å². The average Bonchev–Trinajstić information content (AvgIpc) is 3.19. The lowest BCUT2D eigenvalue weighted by Crippen LogP contribution is -2.26. The van der Waals surface area contributed by atoms with E-state index in [4.69, 9.17) is 9.47 Å². The largest absolute Gasteiger partial charge is 0.457 e. The topological polar surface area (TPSA) is 35.5 Å². The molecule has 0 saturated heterocycles. The molecule has 3 nitrogen and oxygen atoms in total. The predicted molar refractivity (Wildman–Crippen MR) is 92.1 cm³/mol. The van der Waals surface area contributed by atoms with Crippen LogP contribution in [0.4, 0.5) is 0 Å². The Morgan fingerprint density at radius 3 is 2.38 bits per heavy atom. The summed E-state index contributed by atoms with van der Waals surface area (Å²) in [5, 5.41) is 0. The van der Waals surface area contributed by atoms with Gasteiger partial charge in [0.15, 0.2) is 0 Å². The number of fused-ring (bicyclic) bond motifs is 2. The summed E-state index contributed by atoms with van der Waals surface area (Å²) in [5.74, 6) is 1.65. The van der Waals surface area contributed by atoms with E-state index in [1.165, 1.54) is 6.29 Å². The third kappa shape index (κ3) is 2.96. The third-order valence-corrected chi connectivity index (χ3v) is 5.50. The minimum absolute atomic E-state index is 0.0861. The van der Waals surface area contributed by atoms with Crippen LogP contribution in [-0.4, -0.2) is 11.9 Å². The van der Waals surface area contributed by atoms with Gasteiger partial charge in [-0.15, -0.1) is 0 Å². The number of hydrogen-bond donors (Lipinski definition) is 0. The first kappa shape index (κ1) is 15.4. The summed E-state index contributed by atoms with van der Waals surface area (Å²) in [6.07, 6.45) is 6.03. The molecule has 2 fully saturated rings. The van der Waals surface area contributed by atoms with Gasteiger partial charge in [-0.3, -0.25) is 0 Å². The predicted octanol–water partition coefficient (Wildman–Crippen LogP) is 4.90. The molecule has 0 spiro atoms. The van der Waals surface area contributed by atoms with Gasteiger partial charge in [0.2, 0.25) is 0 Å². The van der Waals surface area contributed by atoms with Crippen LogP contribution in [-0.2, 0) is 16.1 Å². The second-order valence-corrected chi connectivity index (χ2v) is 7.19. The smallest absolute Gasteiger partial charge is 0.127 e. The van der Waals surface area contributed by atoms with Crippen molar-refractivity contribution in [2.75, 3.05) is 0 Å². The molecule has 0 radical (unpaired) electrons.